The highest BCUT2D eigenvalue weighted by atomic mass is 16.5. The Morgan fingerprint density at radius 3 is 2.39 bits per heavy atom. The third-order valence-electron chi connectivity index (χ3n) is 3.62. The summed E-state index contributed by atoms with van der Waals surface area (Å²) >= 11 is 0. The molecule has 0 saturated carbocycles. The van der Waals surface area contributed by atoms with Crippen molar-refractivity contribution in [1.82, 2.24) is 5.32 Å². The van der Waals surface area contributed by atoms with Gasteiger partial charge in [0.15, 0.2) is 5.78 Å². The number of carbonyl (C=O) groups excluding carboxylic acids is 2. The number of methoxy groups -OCH3 is 1. The summed E-state index contributed by atoms with van der Waals surface area (Å²) in [5.41, 5.74) is 2.66. The first-order valence-electron chi connectivity index (χ1n) is 7.58. The number of hydrogen-bond acceptors (Lipinski definition) is 3. The molecule has 0 aliphatic heterocycles. The van der Waals surface area contributed by atoms with E-state index in [1.165, 1.54) is 0 Å². The van der Waals surface area contributed by atoms with Crippen molar-refractivity contribution in [3.63, 3.8) is 0 Å². The van der Waals surface area contributed by atoms with Gasteiger partial charge in [0.05, 0.1) is 7.11 Å². The van der Waals surface area contributed by atoms with E-state index in [0.717, 1.165) is 16.9 Å². The van der Waals surface area contributed by atoms with Crippen molar-refractivity contribution in [2.75, 3.05) is 7.11 Å². The third kappa shape index (κ3) is 4.95. The third-order valence-corrected chi connectivity index (χ3v) is 3.62. The molecule has 23 heavy (non-hydrogen) atoms. The van der Waals surface area contributed by atoms with E-state index in [4.69, 9.17) is 4.74 Å². The molecule has 0 saturated heterocycles. The van der Waals surface area contributed by atoms with Crippen molar-refractivity contribution < 1.29 is 14.3 Å². The summed E-state index contributed by atoms with van der Waals surface area (Å²) in [5, 5.41) is 2.82. The van der Waals surface area contributed by atoms with Gasteiger partial charge < -0.3 is 10.1 Å². The first-order valence-corrected chi connectivity index (χ1v) is 7.58. The lowest BCUT2D eigenvalue weighted by Gasteiger charge is -2.09. The van der Waals surface area contributed by atoms with Crippen LogP contribution in [0.25, 0.3) is 0 Å². The van der Waals surface area contributed by atoms with E-state index < -0.39 is 0 Å². The van der Waals surface area contributed by atoms with Crippen LogP contribution in [0.1, 0.15) is 34.3 Å². The van der Waals surface area contributed by atoms with Crippen LogP contribution in [0.3, 0.4) is 0 Å². The summed E-state index contributed by atoms with van der Waals surface area (Å²) in [5.74, 6) is 0.581. The van der Waals surface area contributed by atoms with Crippen LogP contribution in [-0.2, 0) is 11.3 Å². The number of ether oxygens (including phenoxy) is 1. The van der Waals surface area contributed by atoms with Gasteiger partial charge in [-0.2, -0.15) is 0 Å². The Morgan fingerprint density at radius 2 is 1.70 bits per heavy atom. The smallest absolute Gasteiger partial charge is 0.220 e. The molecule has 2 aromatic rings. The van der Waals surface area contributed by atoms with Gasteiger partial charge in [0, 0.05) is 30.5 Å². The van der Waals surface area contributed by atoms with Gasteiger partial charge in [0.2, 0.25) is 5.91 Å². The van der Waals surface area contributed by atoms with E-state index in [1.54, 1.807) is 19.2 Å². The average molecular weight is 311 g/mol. The molecule has 1 N–H and O–H groups in total. The van der Waals surface area contributed by atoms with E-state index in [-0.39, 0.29) is 24.5 Å². The second-order valence-electron chi connectivity index (χ2n) is 5.38. The lowest BCUT2D eigenvalue weighted by molar-refractivity contribution is -0.121. The fourth-order valence-electron chi connectivity index (χ4n) is 2.24. The molecule has 0 unspecified atom stereocenters. The van der Waals surface area contributed by atoms with Gasteiger partial charge in [-0.3, -0.25) is 9.59 Å². The van der Waals surface area contributed by atoms with E-state index in [9.17, 15) is 9.59 Å². The van der Waals surface area contributed by atoms with Gasteiger partial charge in [-0.05, 0) is 13.0 Å². The molecule has 2 rings (SSSR count). The summed E-state index contributed by atoms with van der Waals surface area (Å²) in [7, 11) is 1.60. The van der Waals surface area contributed by atoms with Gasteiger partial charge >= 0.3 is 0 Å². The summed E-state index contributed by atoms with van der Waals surface area (Å²) in [6.07, 6.45) is 0.392. The van der Waals surface area contributed by atoms with Crippen LogP contribution < -0.4 is 10.1 Å². The Kier molecular flexibility index (Phi) is 5.92. The minimum Gasteiger partial charge on any atom is -0.496 e. The average Bonchev–Trinajstić information content (AvgIpc) is 2.58. The van der Waals surface area contributed by atoms with Crippen molar-refractivity contribution >= 4 is 11.7 Å². The number of ketones is 1. The lowest BCUT2D eigenvalue weighted by Crippen LogP contribution is -2.23. The second-order valence-corrected chi connectivity index (χ2v) is 5.38. The zero-order valence-corrected chi connectivity index (χ0v) is 13.5. The molecule has 4 heteroatoms. The molecule has 4 nitrogen and oxygen atoms in total. The first-order chi connectivity index (χ1) is 11.1. The number of carbonyl (C=O) groups is 2. The topological polar surface area (TPSA) is 55.4 Å². The van der Waals surface area contributed by atoms with Crippen LogP contribution in [0, 0.1) is 6.92 Å². The van der Waals surface area contributed by atoms with Crippen molar-refractivity contribution in [3.8, 4) is 5.75 Å². The molecule has 0 aromatic heterocycles. The Morgan fingerprint density at radius 1 is 1.00 bits per heavy atom. The fourth-order valence-corrected chi connectivity index (χ4v) is 2.24. The van der Waals surface area contributed by atoms with Crippen LogP contribution in [-0.4, -0.2) is 18.8 Å². The molecule has 0 atom stereocenters. The van der Waals surface area contributed by atoms with Crippen molar-refractivity contribution in [2.45, 2.75) is 26.3 Å². The van der Waals surface area contributed by atoms with E-state index in [2.05, 4.69) is 5.32 Å². The molecule has 0 radical (unpaired) electrons. The lowest BCUT2D eigenvalue weighted by atomic mass is 10.0. The van der Waals surface area contributed by atoms with Crippen LogP contribution in [0.15, 0.2) is 48.5 Å². The molecular formula is C19H21NO3. The van der Waals surface area contributed by atoms with Gasteiger partial charge in [-0.1, -0.05) is 48.0 Å². The normalized spacial score (nSPS) is 10.2. The van der Waals surface area contributed by atoms with Crippen molar-refractivity contribution in [1.29, 1.82) is 0 Å². The minimum absolute atomic E-state index is 0.0163. The maximum absolute atomic E-state index is 12.0. The SMILES string of the molecule is COc1ccccc1CNC(=O)CCC(=O)c1ccc(C)cc1. The number of aryl methyl sites for hydroxylation is 1. The number of benzene rings is 2. The van der Waals surface area contributed by atoms with Gasteiger partial charge in [-0.25, -0.2) is 0 Å². The number of hydrogen-bond donors (Lipinski definition) is 1. The predicted octanol–water partition coefficient (Wildman–Crippen LogP) is 3.28. The van der Waals surface area contributed by atoms with E-state index >= 15 is 0 Å². The molecule has 0 heterocycles. The number of para-hydroxylation sites is 1. The maximum Gasteiger partial charge on any atom is 0.220 e. The van der Waals surface area contributed by atoms with Crippen molar-refractivity contribution in [3.05, 3.63) is 65.2 Å². The first kappa shape index (κ1) is 16.7. The Hall–Kier alpha value is -2.62. The fraction of sp³-hybridized carbons (Fsp3) is 0.263. The largest absolute Gasteiger partial charge is 0.496 e. The number of nitrogens with one attached hydrogen (secondary N) is 1. The molecule has 0 fully saturated rings. The van der Waals surface area contributed by atoms with E-state index in [1.807, 2.05) is 43.3 Å². The number of amides is 1. The summed E-state index contributed by atoms with van der Waals surface area (Å²) in [6.45, 7) is 2.36. The highest BCUT2D eigenvalue weighted by molar-refractivity contribution is 5.97. The molecule has 0 bridgehead atoms. The number of Topliss-reactive ketones (excluding diaryl/α,β-unsaturated/α-hetero) is 1. The van der Waals surface area contributed by atoms with Crippen LogP contribution >= 0.6 is 0 Å². The van der Waals surface area contributed by atoms with Crippen LogP contribution in [0.5, 0.6) is 5.75 Å². The Balaban J connectivity index is 1.81. The minimum atomic E-state index is -0.142. The maximum atomic E-state index is 12.0. The summed E-state index contributed by atoms with van der Waals surface area (Å²) in [6, 6.07) is 14.9. The zero-order chi connectivity index (χ0) is 16.7. The van der Waals surface area contributed by atoms with Crippen LogP contribution in [0.2, 0.25) is 0 Å². The second kappa shape index (κ2) is 8.13. The zero-order valence-electron chi connectivity index (χ0n) is 13.5. The predicted molar refractivity (Wildman–Crippen MR) is 89.6 cm³/mol. The number of rotatable bonds is 7. The van der Waals surface area contributed by atoms with Gasteiger partial charge in [0.1, 0.15) is 5.75 Å². The van der Waals surface area contributed by atoms with Crippen molar-refractivity contribution in [2.24, 2.45) is 0 Å². The van der Waals surface area contributed by atoms with E-state index in [0.29, 0.717) is 12.1 Å². The highest BCUT2D eigenvalue weighted by Gasteiger charge is 2.10. The van der Waals surface area contributed by atoms with Gasteiger partial charge in [-0.15, -0.1) is 0 Å². The van der Waals surface area contributed by atoms with Gasteiger partial charge in [0.25, 0.3) is 0 Å². The van der Waals surface area contributed by atoms with Crippen LogP contribution in [0.4, 0.5) is 0 Å². The molecular weight excluding hydrogens is 290 g/mol. The molecule has 2 aromatic carbocycles. The quantitative estimate of drug-likeness (QED) is 0.798. The standard InChI is InChI=1S/C19H21NO3/c1-14-7-9-15(10-8-14)17(21)11-12-19(22)20-13-16-5-3-4-6-18(16)23-2/h3-10H,11-13H2,1-2H3,(H,20,22). The molecule has 1 amide bonds. The Labute approximate surface area is 136 Å². The molecule has 0 spiro atoms. The highest BCUT2D eigenvalue weighted by Crippen LogP contribution is 2.16. The molecule has 0 aliphatic carbocycles. The Bertz CT molecular complexity index is 677. The summed E-state index contributed by atoms with van der Waals surface area (Å²) in [4.78, 5) is 23.9. The monoisotopic (exact) mass is 311 g/mol. The summed E-state index contributed by atoms with van der Waals surface area (Å²) < 4.78 is 5.24. The molecule has 120 valence electrons. The molecule has 0 aliphatic rings.